The number of hydrogen-bond acceptors (Lipinski definition) is 3. The van der Waals surface area contributed by atoms with Crippen LogP contribution in [0.5, 0.6) is 0 Å². The van der Waals surface area contributed by atoms with Gasteiger partial charge in [0.15, 0.2) is 0 Å². The van der Waals surface area contributed by atoms with E-state index in [9.17, 15) is 4.79 Å². The minimum absolute atomic E-state index is 0.195. The molecule has 1 amide bonds. The summed E-state index contributed by atoms with van der Waals surface area (Å²) in [6, 6.07) is 5.10. The zero-order valence-corrected chi connectivity index (χ0v) is 8.95. The van der Waals surface area contributed by atoms with Crippen molar-refractivity contribution in [1.29, 1.82) is 0 Å². The smallest absolute Gasteiger partial charge is 0.251 e. The summed E-state index contributed by atoms with van der Waals surface area (Å²) < 4.78 is 0. The van der Waals surface area contributed by atoms with E-state index in [0.717, 1.165) is 5.56 Å². The first kappa shape index (κ1) is 11.5. The monoisotopic (exact) mass is 208 g/mol. The van der Waals surface area contributed by atoms with Crippen molar-refractivity contribution in [2.45, 2.75) is 20.0 Å². The third-order valence-electron chi connectivity index (χ3n) is 2.09. The number of carbonyl (C=O) groups excluding carboxylic acids is 1. The molecular formula is C11H16N2O2. The molecule has 1 atom stereocenters. The summed E-state index contributed by atoms with van der Waals surface area (Å²) in [5.74, 6) is -0.195. The van der Waals surface area contributed by atoms with Crippen molar-refractivity contribution in [3.05, 3.63) is 29.3 Å². The van der Waals surface area contributed by atoms with E-state index in [4.69, 9.17) is 10.8 Å². The van der Waals surface area contributed by atoms with Gasteiger partial charge in [-0.3, -0.25) is 4.79 Å². The number of aliphatic hydroxyl groups excluding tert-OH is 1. The third kappa shape index (κ3) is 3.25. The van der Waals surface area contributed by atoms with Crippen molar-refractivity contribution >= 4 is 11.6 Å². The first-order chi connectivity index (χ1) is 7.00. The number of amides is 1. The van der Waals surface area contributed by atoms with Crippen molar-refractivity contribution in [3.8, 4) is 0 Å². The number of anilines is 1. The summed E-state index contributed by atoms with van der Waals surface area (Å²) in [6.07, 6.45) is -0.538. The predicted octanol–water partition coefficient (Wildman–Crippen LogP) is 0.688. The van der Waals surface area contributed by atoms with E-state index >= 15 is 0 Å². The van der Waals surface area contributed by atoms with Crippen LogP contribution in [0.3, 0.4) is 0 Å². The molecule has 4 heteroatoms. The third-order valence-corrected chi connectivity index (χ3v) is 2.09. The van der Waals surface area contributed by atoms with E-state index in [2.05, 4.69) is 5.32 Å². The fourth-order valence-electron chi connectivity index (χ4n) is 1.16. The van der Waals surface area contributed by atoms with Crippen molar-refractivity contribution in [2.24, 2.45) is 0 Å². The Hall–Kier alpha value is -1.55. The lowest BCUT2D eigenvalue weighted by molar-refractivity contribution is 0.0924. The van der Waals surface area contributed by atoms with E-state index in [1.54, 1.807) is 25.1 Å². The van der Waals surface area contributed by atoms with Gasteiger partial charge in [0.05, 0.1) is 6.10 Å². The Kier molecular flexibility index (Phi) is 3.68. The molecule has 4 nitrogen and oxygen atoms in total. The topological polar surface area (TPSA) is 75.3 Å². The minimum Gasteiger partial charge on any atom is -0.399 e. The Morgan fingerprint density at radius 2 is 2.27 bits per heavy atom. The van der Waals surface area contributed by atoms with Gasteiger partial charge in [-0.25, -0.2) is 0 Å². The number of nitrogens with one attached hydrogen (secondary N) is 1. The average molecular weight is 208 g/mol. The molecule has 4 N–H and O–H groups in total. The molecule has 0 aliphatic rings. The number of benzene rings is 1. The molecule has 0 spiro atoms. The van der Waals surface area contributed by atoms with Crippen LogP contribution < -0.4 is 11.1 Å². The number of aryl methyl sites for hydroxylation is 1. The standard InChI is InChI=1S/C11H16N2O2/c1-7-5-9(3-4-10(7)12)11(15)13-6-8(2)14/h3-5,8,14H,6,12H2,1-2H3,(H,13,15)/t8-/m1/s1. The summed E-state index contributed by atoms with van der Waals surface area (Å²) in [7, 11) is 0. The Balaban J connectivity index is 2.70. The molecule has 15 heavy (non-hydrogen) atoms. The van der Waals surface area contributed by atoms with E-state index in [-0.39, 0.29) is 12.5 Å². The van der Waals surface area contributed by atoms with Gasteiger partial charge in [-0.15, -0.1) is 0 Å². The fourth-order valence-corrected chi connectivity index (χ4v) is 1.16. The molecule has 82 valence electrons. The van der Waals surface area contributed by atoms with Gasteiger partial charge in [-0.05, 0) is 37.6 Å². The number of carbonyl (C=O) groups is 1. The van der Waals surface area contributed by atoms with Gasteiger partial charge in [0.1, 0.15) is 0 Å². The maximum Gasteiger partial charge on any atom is 0.251 e. The quantitative estimate of drug-likeness (QED) is 0.640. The summed E-state index contributed by atoms with van der Waals surface area (Å²) in [5, 5.41) is 11.6. The molecular weight excluding hydrogens is 192 g/mol. The number of rotatable bonds is 3. The maximum atomic E-state index is 11.5. The summed E-state index contributed by atoms with van der Waals surface area (Å²) >= 11 is 0. The zero-order chi connectivity index (χ0) is 11.4. The van der Waals surface area contributed by atoms with Gasteiger partial charge in [-0.1, -0.05) is 0 Å². The first-order valence-electron chi connectivity index (χ1n) is 4.83. The molecule has 0 fully saturated rings. The van der Waals surface area contributed by atoms with E-state index in [1.165, 1.54) is 0 Å². The average Bonchev–Trinajstić information content (AvgIpc) is 2.18. The maximum absolute atomic E-state index is 11.5. The van der Waals surface area contributed by atoms with Gasteiger partial charge in [0, 0.05) is 17.8 Å². The SMILES string of the molecule is Cc1cc(C(=O)NC[C@@H](C)O)ccc1N. The predicted molar refractivity (Wildman–Crippen MR) is 59.6 cm³/mol. The van der Waals surface area contributed by atoms with E-state index in [0.29, 0.717) is 11.3 Å². The highest BCUT2D eigenvalue weighted by Gasteiger charge is 2.07. The Morgan fingerprint density at radius 1 is 1.60 bits per heavy atom. The highest BCUT2D eigenvalue weighted by Crippen LogP contribution is 2.12. The molecule has 1 aromatic carbocycles. The van der Waals surface area contributed by atoms with Gasteiger partial charge in [0.2, 0.25) is 0 Å². The lowest BCUT2D eigenvalue weighted by Crippen LogP contribution is -2.30. The van der Waals surface area contributed by atoms with Crippen molar-refractivity contribution in [1.82, 2.24) is 5.32 Å². The van der Waals surface area contributed by atoms with Crippen molar-refractivity contribution in [3.63, 3.8) is 0 Å². The second kappa shape index (κ2) is 4.79. The van der Waals surface area contributed by atoms with Gasteiger partial charge in [-0.2, -0.15) is 0 Å². The molecule has 0 saturated carbocycles. The molecule has 0 bridgehead atoms. The number of nitrogen functional groups attached to an aromatic ring is 1. The van der Waals surface area contributed by atoms with Crippen LogP contribution in [-0.2, 0) is 0 Å². The minimum atomic E-state index is -0.538. The Morgan fingerprint density at radius 3 is 2.80 bits per heavy atom. The normalized spacial score (nSPS) is 12.2. The second-order valence-corrected chi connectivity index (χ2v) is 3.63. The molecule has 0 saturated heterocycles. The summed E-state index contributed by atoms with van der Waals surface area (Å²) in [4.78, 5) is 11.5. The van der Waals surface area contributed by atoms with Crippen LogP contribution in [0.25, 0.3) is 0 Å². The lowest BCUT2D eigenvalue weighted by atomic mass is 10.1. The zero-order valence-electron chi connectivity index (χ0n) is 8.95. The van der Waals surface area contributed by atoms with Crippen LogP contribution in [-0.4, -0.2) is 23.7 Å². The Bertz CT molecular complexity index is 362. The van der Waals surface area contributed by atoms with Crippen LogP contribution in [0.4, 0.5) is 5.69 Å². The second-order valence-electron chi connectivity index (χ2n) is 3.63. The van der Waals surface area contributed by atoms with E-state index in [1.807, 2.05) is 6.92 Å². The first-order valence-corrected chi connectivity index (χ1v) is 4.83. The van der Waals surface area contributed by atoms with Crippen LogP contribution in [0.1, 0.15) is 22.8 Å². The highest BCUT2D eigenvalue weighted by molar-refractivity contribution is 5.94. The van der Waals surface area contributed by atoms with Crippen molar-refractivity contribution in [2.75, 3.05) is 12.3 Å². The molecule has 0 unspecified atom stereocenters. The molecule has 1 aromatic rings. The number of hydrogen-bond donors (Lipinski definition) is 3. The molecule has 0 radical (unpaired) electrons. The highest BCUT2D eigenvalue weighted by atomic mass is 16.3. The molecule has 0 aliphatic carbocycles. The van der Waals surface area contributed by atoms with E-state index < -0.39 is 6.10 Å². The molecule has 1 rings (SSSR count). The number of aliphatic hydroxyl groups is 1. The van der Waals surface area contributed by atoms with Crippen molar-refractivity contribution < 1.29 is 9.90 Å². The molecule has 0 heterocycles. The number of nitrogens with two attached hydrogens (primary N) is 1. The fraction of sp³-hybridized carbons (Fsp3) is 0.364. The summed E-state index contributed by atoms with van der Waals surface area (Å²) in [5.41, 5.74) is 7.74. The van der Waals surface area contributed by atoms with Gasteiger partial charge >= 0.3 is 0 Å². The van der Waals surface area contributed by atoms with Crippen LogP contribution in [0.15, 0.2) is 18.2 Å². The lowest BCUT2D eigenvalue weighted by Gasteiger charge is -2.08. The molecule has 0 aromatic heterocycles. The van der Waals surface area contributed by atoms with Gasteiger partial charge in [0.25, 0.3) is 5.91 Å². The van der Waals surface area contributed by atoms with Crippen LogP contribution in [0.2, 0.25) is 0 Å². The molecule has 0 aliphatic heterocycles. The summed E-state index contributed by atoms with van der Waals surface area (Å²) in [6.45, 7) is 3.72. The van der Waals surface area contributed by atoms with Crippen LogP contribution >= 0.6 is 0 Å². The largest absolute Gasteiger partial charge is 0.399 e. The Labute approximate surface area is 89.1 Å². The van der Waals surface area contributed by atoms with Gasteiger partial charge < -0.3 is 16.2 Å². The van der Waals surface area contributed by atoms with Crippen LogP contribution in [0, 0.1) is 6.92 Å².